The van der Waals surface area contributed by atoms with Crippen LogP contribution in [0, 0.1) is 6.92 Å². The summed E-state index contributed by atoms with van der Waals surface area (Å²) >= 11 is 5.94. The van der Waals surface area contributed by atoms with Crippen molar-refractivity contribution in [3.05, 3.63) is 89.4 Å². The molecule has 0 aliphatic heterocycles. The smallest absolute Gasteiger partial charge is 0.264 e. The van der Waals surface area contributed by atoms with E-state index in [2.05, 4.69) is 5.32 Å². The molecule has 0 saturated heterocycles. The third-order valence-corrected chi connectivity index (χ3v) is 6.04. The quantitative estimate of drug-likeness (QED) is 0.646. The van der Waals surface area contributed by atoms with Gasteiger partial charge in [0.1, 0.15) is 6.54 Å². The van der Waals surface area contributed by atoms with Crippen molar-refractivity contribution in [1.82, 2.24) is 0 Å². The molecule has 3 aromatic rings. The molecule has 5 nitrogen and oxygen atoms in total. The SMILES string of the molecule is Cc1cccc(N(CC(=O)Nc2cccc(Cl)c2)S(=O)(=O)c2ccccc2)c1. The Morgan fingerprint density at radius 2 is 1.68 bits per heavy atom. The second-order valence-corrected chi connectivity index (χ2v) is 8.52. The standard InChI is InChI=1S/C21H19ClN2O3S/c1-16-7-5-10-19(13-16)24(28(26,27)20-11-3-2-4-12-20)15-21(25)23-18-9-6-8-17(22)14-18/h2-14H,15H2,1H3,(H,23,25). The Labute approximate surface area is 169 Å². The number of halogens is 1. The molecule has 0 spiro atoms. The van der Waals surface area contributed by atoms with Crippen molar-refractivity contribution in [2.45, 2.75) is 11.8 Å². The van der Waals surface area contributed by atoms with Gasteiger partial charge in [0.05, 0.1) is 10.6 Å². The van der Waals surface area contributed by atoms with Gasteiger partial charge in [-0.05, 0) is 55.0 Å². The highest BCUT2D eigenvalue weighted by Crippen LogP contribution is 2.24. The van der Waals surface area contributed by atoms with Crippen molar-refractivity contribution in [3.8, 4) is 0 Å². The Kier molecular flexibility index (Phi) is 6.02. The largest absolute Gasteiger partial charge is 0.324 e. The van der Waals surface area contributed by atoms with Gasteiger partial charge in [-0.1, -0.05) is 48.0 Å². The highest BCUT2D eigenvalue weighted by Gasteiger charge is 2.27. The predicted octanol–water partition coefficient (Wildman–Crippen LogP) is 4.48. The molecule has 0 aromatic heterocycles. The van der Waals surface area contributed by atoms with Gasteiger partial charge in [-0.3, -0.25) is 9.10 Å². The number of nitrogens with one attached hydrogen (secondary N) is 1. The molecular formula is C21H19ClN2O3S. The van der Waals surface area contributed by atoms with E-state index in [9.17, 15) is 13.2 Å². The van der Waals surface area contributed by atoms with Crippen LogP contribution in [-0.2, 0) is 14.8 Å². The Balaban J connectivity index is 1.94. The lowest BCUT2D eigenvalue weighted by Gasteiger charge is -2.24. The van der Waals surface area contributed by atoms with Crippen LogP contribution in [0.1, 0.15) is 5.56 Å². The van der Waals surface area contributed by atoms with E-state index in [-0.39, 0.29) is 11.4 Å². The van der Waals surface area contributed by atoms with E-state index >= 15 is 0 Å². The first-order valence-electron chi connectivity index (χ1n) is 8.56. The Morgan fingerprint density at radius 1 is 0.964 bits per heavy atom. The minimum Gasteiger partial charge on any atom is -0.324 e. The number of amides is 1. The van der Waals surface area contributed by atoms with Gasteiger partial charge in [0.15, 0.2) is 0 Å². The van der Waals surface area contributed by atoms with E-state index in [1.165, 1.54) is 12.1 Å². The highest BCUT2D eigenvalue weighted by molar-refractivity contribution is 7.92. The zero-order valence-electron chi connectivity index (χ0n) is 15.2. The first-order valence-corrected chi connectivity index (χ1v) is 10.4. The molecule has 0 fully saturated rings. The molecule has 0 bridgehead atoms. The van der Waals surface area contributed by atoms with Crippen LogP contribution >= 0.6 is 11.6 Å². The summed E-state index contributed by atoms with van der Waals surface area (Å²) in [6.45, 7) is 1.50. The summed E-state index contributed by atoms with van der Waals surface area (Å²) in [7, 11) is -3.92. The van der Waals surface area contributed by atoms with Gasteiger partial charge in [-0.15, -0.1) is 0 Å². The molecule has 0 atom stereocenters. The zero-order valence-corrected chi connectivity index (χ0v) is 16.7. The second kappa shape index (κ2) is 8.46. The van der Waals surface area contributed by atoms with E-state index < -0.39 is 15.9 Å². The Morgan fingerprint density at radius 3 is 2.36 bits per heavy atom. The van der Waals surface area contributed by atoms with Crippen LogP contribution < -0.4 is 9.62 Å². The summed E-state index contributed by atoms with van der Waals surface area (Å²) in [5, 5.41) is 3.17. The maximum absolute atomic E-state index is 13.2. The molecule has 3 aromatic carbocycles. The first kappa shape index (κ1) is 19.9. The second-order valence-electron chi connectivity index (χ2n) is 6.22. The number of sulfonamides is 1. The monoisotopic (exact) mass is 414 g/mol. The Hall–Kier alpha value is -2.83. The fraction of sp³-hybridized carbons (Fsp3) is 0.0952. The van der Waals surface area contributed by atoms with E-state index in [0.29, 0.717) is 16.4 Å². The predicted molar refractivity (Wildman–Crippen MR) is 112 cm³/mol. The average Bonchev–Trinajstić information content (AvgIpc) is 2.67. The van der Waals surface area contributed by atoms with Crippen LogP contribution in [0.3, 0.4) is 0 Å². The maximum atomic E-state index is 13.2. The van der Waals surface area contributed by atoms with E-state index in [4.69, 9.17) is 11.6 Å². The number of benzene rings is 3. The molecule has 0 saturated carbocycles. The summed E-state index contributed by atoms with van der Waals surface area (Å²) in [6, 6.07) is 21.7. The van der Waals surface area contributed by atoms with Gasteiger partial charge in [0.25, 0.3) is 10.0 Å². The van der Waals surface area contributed by atoms with Gasteiger partial charge in [-0.2, -0.15) is 0 Å². The van der Waals surface area contributed by atoms with Gasteiger partial charge >= 0.3 is 0 Å². The van der Waals surface area contributed by atoms with Gasteiger partial charge < -0.3 is 5.32 Å². The van der Waals surface area contributed by atoms with Crippen molar-refractivity contribution < 1.29 is 13.2 Å². The third-order valence-electron chi connectivity index (χ3n) is 4.02. The summed E-state index contributed by atoms with van der Waals surface area (Å²) < 4.78 is 27.5. The number of rotatable bonds is 6. The molecule has 0 unspecified atom stereocenters. The molecular weight excluding hydrogens is 396 g/mol. The minimum absolute atomic E-state index is 0.118. The third kappa shape index (κ3) is 4.71. The Bertz CT molecular complexity index is 1090. The summed E-state index contributed by atoms with van der Waals surface area (Å²) in [6.07, 6.45) is 0. The molecule has 0 aliphatic rings. The first-order chi connectivity index (χ1) is 13.4. The van der Waals surface area contributed by atoms with E-state index in [1.54, 1.807) is 60.7 Å². The molecule has 0 radical (unpaired) electrons. The van der Waals surface area contributed by atoms with Crippen molar-refractivity contribution >= 4 is 38.9 Å². The number of carbonyl (C=O) groups is 1. The number of aryl methyl sites for hydroxylation is 1. The summed E-state index contributed by atoms with van der Waals surface area (Å²) in [5.41, 5.74) is 1.81. The van der Waals surface area contributed by atoms with Crippen LogP contribution in [-0.4, -0.2) is 20.9 Å². The lowest BCUT2D eigenvalue weighted by atomic mass is 10.2. The number of anilines is 2. The number of hydrogen-bond donors (Lipinski definition) is 1. The van der Waals surface area contributed by atoms with Crippen molar-refractivity contribution in [2.75, 3.05) is 16.2 Å². The highest BCUT2D eigenvalue weighted by atomic mass is 35.5. The van der Waals surface area contributed by atoms with Crippen LogP contribution in [0.25, 0.3) is 0 Å². The van der Waals surface area contributed by atoms with Crippen molar-refractivity contribution in [2.24, 2.45) is 0 Å². The molecule has 1 N–H and O–H groups in total. The lowest BCUT2D eigenvalue weighted by Crippen LogP contribution is -2.38. The number of hydrogen-bond acceptors (Lipinski definition) is 3. The van der Waals surface area contributed by atoms with E-state index in [0.717, 1.165) is 9.87 Å². The number of carbonyl (C=O) groups excluding carboxylic acids is 1. The lowest BCUT2D eigenvalue weighted by molar-refractivity contribution is -0.114. The molecule has 0 aliphatic carbocycles. The fourth-order valence-electron chi connectivity index (χ4n) is 2.72. The average molecular weight is 415 g/mol. The fourth-order valence-corrected chi connectivity index (χ4v) is 4.34. The number of nitrogens with zero attached hydrogens (tertiary/aromatic N) is 1. The normalized spacial score (nSPS) is 11.1. The molecule has 0 heterocycles. The molecule has 3 rings (SSSR count). The topological polar surface area (TPSA) is 66.5 Å². The molecule has 1 amide bonds. The van der Waals surface area contributed by atoms with Crippen LogP contribution in [0.5, 0.6) is 0 Å². The van der Waals surface area contributed by atoms with E-state index in [1.807, 2.05) is 13.0 Å². The van der Waals surface area contributed by atoms with Crippen LogP contribution in [0.15, 0.2) is 83.8 Å². The maximum Gasteiger partial charge on any atom is 0.264 e. The van der Waals surface area contributed by atoms with Gasteiger partial charge in [0.2, 0.25) is 5.91 Å². The molecule has 144 valence electrons. The van der Waals surface area contributed by atoms with Crippen molar-refractivity contribution in [1.29, 1.82) is 0 Å². The summed E-state index contributed by atoms with van der Waals surface area (Å²) in [4.78, 5) is 12.7. The molecule has 28 heavy (non-hydrogen) atoms. The minimum atomic E-state index is -3.92. The van der Waals surface area contributed by atoms with Crippen LogP contribution in [0.4, 0.5) is 11.4 Å². The van der Waals surface area contributed by atoms with Crippen molar-refractivity contribution in [3.63, 3.8) is 0 Å². The summed E-state index contributed by atoms with van der Waals surface area (Å²) in [5.74, 6) is -0.469. The zero-order chi connectivity index (χ0) is 20.1. The van der Waals surface area contributed by atoms with Gasteiger partial charge in [0, 0.05) is 10.7 Å². The van der Waals surface area contributed by atoms with Gasteiger partial charge in [-0.25, -0.2) is 8.42 Å². The van der Waals surface area contributed by atoms with Crippen LogP contribution in [0.2, 0.25) is 5.02 Å². The molecule has 7 heteroatoms.